The Balaban J connectivity index is 1.43. The van der Waals surface area contributed by atoms with Crippen LogP contribution < -0.4 is 4.90 Å². The van der Waals surface area contributed by atoms with Gasteiger partial charge >= 0.3 is 0 Å². The highest BCUT2D eigenvalue weighted by Crippen LogP contribution is 2.55. The summed E-state index contributed by atoms with van der Waals surface area (Å²) in [4.78, 5) is 2.45. The van der Waals surface area contributed by atoms with E-state index in [0.29, 0.717) is 0 Å². The third-order valence-corrected chi connectivity index (χ3v) is 8.65. The van der Waals surface area contributed by atoms with Gasteiger partial charge in [0.25, 0.3) is 0 Å². The molecule has 196 valence electrons. The van der Waals surface area contributed by atoms with Crippen molar-refractivity contribution < 1.29 is 4.42 Å². The van der Waals surface area contributed by atoms with Gasteiger partial charge in [0.05, 0.1) is 11.4 Å². The van der Waals surface area contributed by atoms with Crippen LogP contribution in [0.2, 0.25) is 0 Å². The molecule has 0 saturated carbocycles. The summed E-state index contributed by atoms with van der Waals surface area (Å²) in [6.45, 7) is 4.71. The van der Waals surface area contributed by atoms with Crippen molar-refractivity contribution in [3.8, 4) is 22.3 Å². The monoisotopic (exact) mass is 527 g/mol. The third kappa shape index (κ3) is 3.50. The Kier molecular flexibility index (Phi) is 5.20. The van der Waals surface area contributed by atoms with E-state index in [4.69, 9.17) is 4.42 Å². The van der Waals surface area contributed by atoms with Crippen LogP contribution in [-0.4, -0.2) is 0 Å². The summed E-state index contributed by atoms with van der Waals surface area (Å²) in [5.41, 5.74) is 12.8. The van der Waals surface area contributed by atoms with E-state index < -0.39 is 0 Å². The zero-order valence-electron chi connectivity index (χ0n) is 23.1. The van der Waals surface area contributed by atoms with Crippen molar-refractivity contribution in [1.29, 1.82) is 0 Å². The normalized spacial score (nSPS) is 13.3. The van der Waals surface area contributed by atoms with Crippen LogP contribution in [0.3, 0.4) is 0 Å². The molecule has 2 nitrogen and oxygen atoms in total. The first kappa shape index (κ1) is 23.8. The summed E-state index contributed by atoms with van der Waals surface area (Å²) >= 11 is 0. The predicted molar refractivity (Wildman–Crippen MR) is 171 cm³/mol. The van der Waals surface area contributed by atoms with Gasteiger partial charge in [0, 0.05) is 27.4 Å². The molecule has 7 aromatic rings. The van der Waals surface area contributed by atoms with E-state index in [1.165, 1.54) is 39.1 Å². The van der Waals surface area contributed by atoms with Gasteiger partial charge < -0.3 is 9.32 Å². The largest absolute Gasteiger partial charge is 0.456 e. The molecular weight excluding hydrogens is 498 g/mol. The van der Waals surface area contributed by atoms with Crippen LogP contribution in [0.1, 0.15) is 25.0 Å². The first-order valence-corrected chi connectivity index (χ1v) is 14.2. The number of nitrogens with zero attached hydrogens (tertiary/aromatic N) is 1. The summed E-state index contributed by atoms with van der Waals surface area (Å²) in [6, 6.07) is 49.9. The zero-order valence-corrected chi connectivity index (χ0v) is 23.1. The summed E-state index contributed by atoms with van der Waals surface area (Å²) in [7, 11) is 0. The highest BCUT2D eigenvalue weighted by atomic mass is 16.3. The zero-order chi connectivity index (χ0) is 27.6. The molecule has 8 rings (SSSR count). The van der Waals surface area contributed by atoms with E-state index in [0.717, 1.165) is 33.3 Å². The SMILES string of the molecule is CC1(C)c2ccccc2-c2cccc(N(c3ccccc3)c3ccccc3-c3cccc4oc5ccccc5c34)c21. The van der Waals surface area contributed by atoms with Gasteiger partial charge in [-0.3, -0.25) is 0 Å². The first-order chi connectivity index (χ1) is 20.1. The highest BCUT2D eigenvalue weighted by Gasteiger charge is 2.39. The Morgan fingerprint density at radius 3 is 1.98 bits per heavy atom. The van der Waals surface area contributed by atoms with E-state index in [1.807, 2.05) is 12.1 Å². The Bertz CT molecular complexity index is 2080. The minimum atomic E-state index is -0.148. The molecule has 1 aromatic heterocycles. The van der Waals surface area contributed by atoms with Crippen molar-refractivity contribution in [3.63, 3.8) is 0 Å². The van der Waals surface area contributed by atoms with Crippen LogP contribution >= 0.6 is 0 Å². The molecular formula is C39H29NO. The second kappa shape index (κ2) is 8.97. The average Bonchev–Trinajstić information content (AvgIpc) is 3.51. The van der Waals surface area contributed by atoms with Gasteiger partial charge in [-0.1, -0.05) is 117 Å². The third-order valence-electron chi connectivity index (χ3n) is 8.65. The summed E-state index contributed by atoms with van der Waals surface area (Å²) < 4.78 is 6.29. The van der Waals surface area contributed by atoms with Crippen molar-refractivity contribution in [2.45, 2.75) is 19.3 Å². The Morgan fingerprint density at radius 1 is 0.488 bits per heavy atom. The molecule has 0 saturated heterocycles. The molecule has 0 N–H and O–H groups in total. The fraction of sp³-hybridized carbons (Fsp3) is 0.0769. The van der Waals surface area contributed by atoms with Crippen molar-refractivity contribution in [1.82, 2.24) is 0 Å². The van der Waals surface area contributed by atoms with Crippen LogP contribution in [-0.2, 0) is 5.41 Å². The molecule has 0 unspecified atom stereocenters. The maximum absolute atomic E-state index is 6.29. The van der Waals surface area contributed by atoms with Gasteiger partial charge in [0.1, 0.15) is 11.2 Å². The Morgan fingerprint density at radius 2 is 1.10 bits per heavy atom. The summed E-state index contributed by atoms with van der Waals surface area (Å²) in [5, 5.41) is 2.28. The fourth-order valence-corrected chi connectivity index (χ4v) is 6.89. The molecule has 41 heavy (non-hydrogen) atoms. The van der Waals surface area contributed by atoms with E-state index in [9.17, 15) is 0 Å². The standard InChI is InChI=1S/C39H29NO/c1-39(2)32-21-9-6-16-27(32)30-20-12-23-34(38(30)39)40(26-14-4-3-5-15-26)33-22-10-7-17-28(33)29-19-13-25-36-37(29)31-18-8-11-24-35(31)41-36/h3-25H,1-2H3. The molecule has 0 aliphatic heterocycles. The van der Waals surface area contributed by atoms with Gasteiger partial charge in [-0.15, -0.1) is 0 Å². The molecule has 0 amide bonds. The molecule has 6 aromatic carbocycles. The lowest BCUT2D eigenvalue weighted by Gasteiger charge is -2.33. The number of hydrogen-bond acceptors (Lipinski definition) is 2. The number of hydrogen-bond donors (Lipinski definition) is 0. The van der Waals surface area contributed by atoms with E-state index in [-0.39, 0.29) is 5.41 Å². The van der Waals surface area contributed by atoms with Crippen molar-refractivity contribution in [2.24, 2.45) is 0 Å². The van der Waals surface area contributed by atoms with Gasteiger partial charge in [-0.2, -0.15) is 0 Å². The van der Waals surface area contributed by atoms with Crippen molar-refractivity contribution in [3.05, 3.63) is 151 Å². The van der Waals surface area contributed by atoms with Gasteiger partial charge in [-0.25, -0.2) is 0 Å². The Labute approximate surface area is 240 Å². The van der Waals surface area contributed by atoms with E-state index in [1.54, 1.807) is 0 Å². The quantitative estimate of drug-likeness (QED) is 0.226. The molecule has 1 heterocycles. The Hall–Kier alpha value is -5.08. The topological polar surface area (TPSA) is 16.4 Å². The minimum Gasteiger partial charge on any atom is -0.456 e. The lowest BCUT2D eigenvalue weighted by molar-refractivity contribution is 0.661. The first-order valence-electron chi connectivity index (χ1n) is 14.2. The second-order valence-electron chi connectivity index (χ2n) is 11.3. The molecule has 0 bridgehead atoms. The lowest BCUT2D eigenvalue weighted by Crippen LogP contribution is -2.21. The molecule has 0 atom stereocenters. The summed E-state index contributed by atoms with van der Waals surface area (Å²) in [6.07, 6.45) is 0. The van der Waals surface area contributed by atoms with Crippen LogP contribution in [0.5, 0.6) is 0 Å². The average molecular weight is 528 g/mol. The lowest BCUT2D eigenvalue weighted by atomic mass is 9.81. The molecule has 0 radical (unpaired) electrons. The second-order valence-corrected chi connectivity index (χ2v) is 11.3. The number of anilines is 3. The van der Waals surface area contributed by atoms with Crippen LogP contribution in [0.4, 0.5) is 17.1 Å². The van der Waals surface area contributed by atoms with Crippen LogP contribution in [0.15, 0.2) is 144 Å². The van der Waals surface area contributed by atoms with Crippen molar-refractivity contribution >= 4 is 39.0 Å². The molecule has 1 aliphatic rings. The van der Waals surface area contributed by atoms with Gasteiger partial charge in [0.15, 0.2) is 0 Å². The number of fused-ring (bicyclic) bond motifs is 6. The number of benzene rings is 6. The van der Waals surface area contributed by atoms with E-state index >= 15 is 0 Å². The van der Waals surface area contributed by atoms with Gasteiger partial charge in [0.2, 0.25) is 0 Å². The van der Waals surface area contributed by atoms with Crippen LogP contribution in [0.25, 0.3) is 44.2 Å². The molecule has 2 heteroatoms. The number of para-hydroxylation sites is 3. The molecule has 0 fully saturated rings. The fourth-order valence-electron chi connectivity index (χ4n) is 6.89. The maximum Gasteiger partial charge on any atom is 0.136 e. The number of furan rings is 1. The van der Waals surface area contributed by atoms with Crippen molar-refractivity contribution in [2.75, 3.05) is 4.90 Å². The highest BCUT2D eigenvalue weighted by molar-refractivity contribution is 6.14. The van der Waals surface area contributed by atoms with E-state index in [2.05, 4.69) is 146 Å². The predicted octanol–water partition coefficient (Wildman–Crippen LogP) is 11.0. The summed E-state index contributed by atoms with van der Waals surface area (Å²) in [5.74, 6) is 0. The number of rotatable bonds is 4. The minimum absolute atomic E-state index is 0.148. The van der Waals surface area contributed by atoms with Gasteiger partial charge in [-0.05, 0) is 64.2 Å². The molecule has 1 aliphatic carbocycles. The maximum atomic E-state index is 6.29. The molecule has 0 spiro atoms. The van der Waals surface area contributed by atoms with Crippen LogP contribution in [0, 0.1) is 0 Å². The smallest absolute Gasteiger partial charge is 0.136 e.